The van der Waals surface area contributed by atoms with Crippen LogP contribution in [0.2, 0.25) is 0 Å². The minimum atomic E-state index is -0.760. The molecule has 0 aromatic carbocycles. The van der Waals surface area contributed by atoms with E-state index >= 15 is 0 Å². The smallest absolute Gasteiger partial charge is 0.240 e. The number of amides is 1. The Morgan fingerprint density at radius 1 is 1.37 bits per heavy atom. The molecule has 1 amide bonds. The normalized spacial score (nSPS) is 26.3. The molecule has 0 bridgehead atoms. The minimum Gasteiger partial charge on any atom is -0.352 e. The van der Waals surface area contributed by atoms with Gasteiger partial charge in [0.25, 0.3) is 0 Å². The number of hydrogen-bond donors (Lipinski definition) is 2. The molecule has 1 saturated carbocycles. The van der Waals surface area contributed by atoms with E-state index in [4.69, 9.17) is 15.2 Å². The average molecular weight is 270 g/mol. The van der Waals surface area contributed by atoms with Crippen molar-refractivity contribution in [1.29, 1.82) is 0 Å². The van der Waals surface area contributed by atoms with Gasteiger partial charge in [0.1, 0.15) is 0 Å². The second-order valence-electron chi connectivity index (χ2n) is 6.02. The number of nitrogens with two attached hydrogens (primary N) is 1. The molecule has 1 aliphatic heterocycles. The molecule has 1 spiro atoms. The monoisotopic (exact) mass is 270 g/mol. The molecular weight excluding hydrogens is 244 g/mol. The van der Waals surface area contributed by atoms with E-state index in [-0.39, 0.29) is 17.7 Å². The van der Waals surface area contributed by atoms with Gasteiger partial charge in [-0.3, -0.25) is 4.79 Å². The number of nitrogens with one attached hydrogen (secondary N) is 1. The number of ether oxygens (including phenoxy) is 2. The Morgan fingerprint density at radius 3 is 2.47 bits per heavy atom. The maximum Gasteiger partial charge on any atom is 0.240 e. The van der Waals surface area contributed by atoms with Crippen LogP contribution in [0.4, 0.5) is 0 Å². The number of rotatable bonds is 4. The summed E-state index contributed by atoms with van der Waals surface area (Å²) in [6, 6.07) is 0.200. The Hall–Kier alpha value is -0.650. The lowest BCUT2D eigenvalue weighted by Gasteiger charge is -2.36. The molecule has 5 heteroatoms. The van der Waals surface area contributed by atoms with Gasteiger partial charge >= 0.3 is 0 Å². The lowest BCUT2D eigenvalue weighted by atomic mass is 9.88. The van der Waals surface area contributed by atoms with Crippen LogP contribution >= 0.6 is 0 Å². The van der Waals surface area contributed by atoms with Crippen molar-refractivity contribution < 1.29 is 14.3 Å². The second kappa shape index (κ2) is 5.77. The fourth-order valence-corrected chi connectivity index (χ4v) is 2.97. The Kier molecular flexibility index (Phi) is 4.48. The zero-order chi connectivity index (χ0) is 13.9. The van der Waals surface area contributed by atoms with Crippen molar-refractivity contribution in [3.63, 3.8) is 0 Å². The van der Waals surface area contributed by atoms with Crippen molar-refractivity contribution in [2.45, 2.75) is 69.7 Å². The zero-order valence-electron chi connectivity index (χ0n) is 12.0. The van der Waals surface area contributed by atoms with E-state index in [1.165, 1.54) is 0 Å². The van der Waals surface area contributed by atoms with Gasteiger partial charge in [-0.25, -0.2) is 0 Å². The number of carbonyl (C=O) groups is 1. The van der Waals surface area contributed by atoms with Crippen LogP contribution in [0.1, 0.15) is 52.4 Å². The molecule has 1 atom stereocenters. The molecule has 0 radical (unpaired) electrons. The highest BCUT2D eigenvalue weighted by atomic mass is 16.7. The first-order chi connectivity index (χ1) is 8.97. The lowest BCUT2D eigenvalue weighted by molar-refractivity contribution is -0.180. The molecule has 3 N–H and O–H groups in total. The molecule has 0 aromatic rings. The van der Waals surface area contributed by atoms with Gasteiger partial charge in [0.15, 0.2) is 5.79 Å². The summed E-state index contributed by atoms with van der Waals surface area (Å²) in [5.41, 5.74) is 5.28. The Balaban J connectivity index is 1.80. The molecular formula is C14H26N2O3. The third kappa shape index (κ3) is 3.46. The van der Waals surface area contributed by atoms with Crippen LogP contribution in [0.25, 0.3) is 0 Å². The van der Waals surface area contributed by atoms with Gasteiger partial charge in [-0.1, -0.05) is 13.3 Å². The summed E-state index contributed by atoms with van der Waals surface area (Å²) in [5, 5.41) is 3.08. The average Bonchev–Trinajstić information content (AvgIpc) is 2.81. The standard InChI is InChI=1S/C14H26N2O3/c1-3-6-13(2,15)12(17)16-11-4-7-14(8-5-11)18-9-10-19-14/h11H,3-10,15H2,1-2H3,(H,16,17). The first-order valence-electron chi connectivity index (χ1n) is 7.35. The third-order valence-electron chi connectivity index (χ3n) is 4.18. The van der Waals surface area contributed by atoms with Gasteiger partial charge in [0.05, 0.1) is 18.8 Å². The predicted molar refractivity (Wildman–Crippen MR) is 72.5 cm³/mol. The van der Waals surface area contributed by atoms with Crippen LogP contribution < -0.4 is 11.1 Å². The van der Waals surface area contributed by atoms with Gasteiger partial charge in [-0.05, 0) is 26.2 Å². The first kappa shape index (κ1) is 14.8. The summed E-state index contributed by atoms with van der Waals surface area (Å²) < 4.78 is 11.4. The van der Waals surface area contributed by atoms with Crippen LogP contribution in [0.3, 0.4) is 0 Å². The van der Waals surface area contributed by atoms with Crippen LogP contribution in [-0.2, 0) is 14.3 Å². The van der Waals surface area contributed by atoms with Crippen molar-refractivity contribution in [2.75, 3.05) is 13.2 Å². The largest absolute Gasteiger partial charge is 0.352 e. The first-order valence-corrected chi connectivity index (χ1v) is 7.35. The van der Waals surface area contributed by atoms with E-state index < -0.39 is 5.54 Å². The fraction of sp³-hybridized carbons (Fsp3) is 0.929. The highest BCUT2D eigenvalue weighted by Gasteiger charge is 2.41. The quantitative estimate of drug-likeness (QED) is 0.807. The number of hydrogen-bond acceptors (Lipinski definition) is 4. The summed E-state index contributed by atoms with van der Waals surface area (Å²) >= 11 is 0. The molecule has 2 rings (SSSR count). The van der Waals surface area contributed by atoms with Crippen molar-refractivity contribution in [1.82, 2.24) is 5.32 Å². The van der Waals surface area contributed by atoms with Gasteiger partial charge in [0, 0.05) is 18.9 Å². The maximum atomic E-state index is 12.1. The van der Waals surface area contributed by atoms with Gasteiger partial charge in [-0.2, -0.15) is 0 Å². The fourth-order valence-electron chi connectivity index (χ4n) is 2.97. The van der Waals surface area contributed by atoms with Crippen LogP contribution in [0.15, 0.2) is 0 Å². The van der Waals surface area contributed by atoms with Gasteiger partial charge in [0.2, 0.25) is 5.91 Å². The van der Waals surface area contributed by atoms with Crippen molar-refractivity contribution in [2.24, 2.45) is 5.73 Å². The summed E-state index contributed by atoms with van der Waals surface area (Å²) in [6.45, 7) is 5.22. The Morgan fingerprint density at radius 2 is 1.95 bits per heavy atom. The second-order valence-corrected chi connectivity index (χ2v) is 6.02. The van der Waals surface area contributed by atoms with E-state index in [2.05, 4.69) is 5.32 Å². The minimum absolute atomic E-state index is 0.0384. The SMILES string of the molecule is CCCC(C)(N)C(=O)NC1CCC2(CC1)OCCO2. The van der Waals surface area contributed by atoms with Crippen LogP contribution in [0, 0.1) is 0 Å². The van der Waals surface area contributed by atoms with Gasteiger partial charge in [-0.15, -0.1) is 0 Å². The molecule has 19 heavy (non-hydrogen) atoms. The highest BCUT2D eigenvalue weighted by molar-refractivity contribution is 5.85. The highest BCUT2D eigenvalue weighted by Crippen LogP contribution is 2.35. The Labute approximate surface area is 115 Å². The maximum absolute atomic E-state index is 12.1. The van der Waals surface area contributed by atoms with E-state index in [1.807, 2.05) is 6.92 Å². The molecule has 1 unspecified atom stereocenters. The summed E-state index contributed by atoms with van der Waals surface area (Å²) in [7, 11) is 0. The Bertz CT molecular complexity index is 315. The van der Waals surface area contributed by atoms with E-state index in [9.17, 15) is 4.79 Å². The summed E-state index contributed by atoms with van der Waals surface area (Å²) in [6.07, 6.45) is 5.12. The van der Waals surface area contributed by atoms with Crippen molar-refractivity contribution in [3.05, 3.63) is 0 Å². The summed E-state index contributed by atoms with van der Waals surface area (Å²) in [4.78, 5) is 12.1. The molecule has 2 aliphatic rings. The molecule has 2 fully saturated rings. The number of carbonyl (C=O) groups excluding carboxylic acids is 1. The zero-order valence-corrected chi connectivity index (χ0v) is 12.0. The molecule has 1 aliphatic carbocycles. The van der Waals surface area contributed by atoms with E-state index in [0.717, 1.165) is 32.1 Å². The topological polar surface area (TPSA) is 73.6 Å². The third-order valence-corrected chi connectivity index (χ3v) is 4.18. The van der Waals surface area contributed by atoms with E-state index in [1.54, 1.807) is 6.92 Å². The van der Waals surface area contributed by atoms with Crippen molar-refractivity contribution >= 4 is 5.91 Å². The lowest BCUT2D eigenvalue weighted by Crippen LogP contribution is -2.55. The van der Waals surface area contributed by atoms with Gasteiger partial charge < -0.3 is 20.5 Å². The van der Waals surface area contributed by atoms with Crippen LogP contribution in [-0.4, -0.2) is 36.5 Å². The molecule has 110 valence electrons. The molecule has 0 aromatic heterocycles. The molecule has 1 heterocycles. The summed E-state index contributed by atoms with van der Waals surface area (Å²) in [5.74, 6) is -0.403. The van der Waals surface area contributed by atoms with Crippen molar-refractivity contribution in [3.8, 4) is 0 Å². The van der Waals surface area contributed by atoms with Crippen LogP contribution in [0.5, 0.6) is 0 Å². The molecule has 5 nitrogen and oxygen atoms in total. The molecule has 1 saturated heterocycles. The van der Waals surface area contributed by atoms with E-state index in [0.29, 0.717) is 19.6 Å². The predicted octanol–water partition coefficient (Wildman–Crippen LogP) is 1.31.